The van der Waals surface area contributed by atoms with Gasteiger partial charge < -0.3 is 19.5 Å². The third-order valence-corrected chi connectivity index (χ3v) is 10.4. The first-order valence-electron chi connectivity index (χ1n) is 16.5. The van der Waals surface area contributed by atoms with Gasteiger partial charge in [0.2, 0.25) is 0 Å². The summed E-state index contributed by atoms with van der Waals surface area (Å²) in [6, 6.07) is 13.3. The van der Waals surface area contributed by atoms with Crippen molar-refractivity contribution in [3.63, 3.8) is 0 Å². The van der Waals surface area contributed by atoms with Crippen molar-refractivity contribution >= 4 is 44.5 Å². The Morgan fingerprint density at radius 3 is 2.45 bits per heavy atom. The van der Waals surface area contributed by atoms with E-state index in [1.54, 1.807) is 6.07 Å². The fraction of sp³-hybridized carbons (Fsp3) is 0.421. The van der Waals surface area contributed by atoms with E-state index in [9.17, 15) is 17.8 Å². The van der Waals surface area contributed by atoms with E-state index in [2.05, 4.69) is 80.0 Å². The lowest BCUT2D eigenvalue weighted by Gasteiger charge is -2.28. The highest BCUT2D eigenvalue weighted by molar-refractivity contribution is 7.85. The average molecular weight is 659 g/mol. The number of unbranched alkanes of at least 4 members (excludes halogenated alkanes) is 2. The average Bonchev–Trinajstić information content (AvgIpc) is 3.21. The van der Waals surface area contributed by atoms with Crippen molar-refractivity contribution in [1.82, 2.24) is 0 Å². The van der Waals surface area contributed by atoms with Crippen LogP contribution in [0, 0.1) is 0 Å². The van der Waals surface area contributed by atoms with Crippen molar-refractivity contribution in [3.05, 3.63) is 88.8 Å². The molecule has 1 N–H and O–H groups in total. The van der Waals surface area contributed by atoms with Crippen LogP contribution in [0.3, 0.4) is 0 Å². The smallest absolute Gasteiger partial charge is 0.362 e. The zero-order valence-corrected chi connectivity index (χ0v) is 29.1. The molecule has 47 heavy (non-hydrogen) atoms. The first-order chi connectivity index (χ1) is 22.2. The molecule has 250 valence electrons. The maximum Gasteiger partial charge on any atom is 0.362 e. The molecule has 2 aliphatic rings. The van der Waals surface area contributed by atoms with Gasteiger partial charge in [0.1, 0.15) is 10.1 Å². The second kappa shape index (κ2) is 13.3. The number of fused-ring (bicyclic) bond motifs is 3. The number of hydrogen-bond acceptors (Lipinski definition) is 6. The molecule has 9 heteroatoms. The SMILES string of the molecule is CCN(CC)c1ccc2cc3c([o+]c2c1)C=C(/C=C/C=C1/N(CCCCCC(=O)O)c2ccc(S(=O)(=O)[O-])cc2C1(C)C)CC3(C)C. The first kappa shape index (κ1) is 34.4. The summed E-state index contributed by atoms with van der Waals surface area (Å²) in [5.74, 6) is 0.0589. The summed E-state index contributed by atoms with van der Waals surface area (Å²) in [6.07, 6.45) is 11.4. The molecular weight excluding hydrogens is 612 g/mol. The Kier molecular flexibility index (Phi) is 9.71. The minimum Gasteiger partial charge on any atom is -0.744 e. The molecule has 1 aliphatic carbocycles. The molecule has 0 unspecified atom stereocenters. The number of carbonyl (C=O) groups is 1. The van der Waals surface area contributed by atoms with Gasteiger partial charge in [-0.05, 0) is 86.7 Å². The summed E-state index contributed by atoms with van der Waals surface area (Å²) in [7, 11) is -4.61. The molecule has 1 aliphatic heterocycles. The maximum atomic E-state index is 11.9. The van der Waals surface area contributed by atoms with Gasteiger partial charge in [-0.1, -0.05) is 46.3 Å². The van der Waals surface area contributed by atoms with Crippen LogP contribution in [-0.4, -0.2) is 43.7 Å². The number of carboxylic acids is 1. The molecule has 5 rings (SSSR count). The Bertz CT molecular complexity index is 1880. The van der Waals surface area contributed by atoms with E-state index >= 15 is 0 Å². The number of hydrogen-bond donors (Lipinski definition) is 1. The molecule has 0 fully saturated rings. The van der Waals surface area contributed by atoms with E-state index in [0.717, 1.165) is 77.3 Å². The second-order valence-corrected chi connectivity index (χ2v) is 15.1. The van der Waals surface area contributed by atoms with Crippen molar-refractivity contribution < 1.29 is 27.3 Å². The molecular formula is C38H46N2O6S. The van der Waals surface area contributed by atoms with Gasteiger partial charge in [-0.2, -0.15) is 0 Å². The van der Waals surface area contributed by atoms with Crippen molar-refractivity contribution in [2.24, 2.45) is 0 Å². The van der Waals surface area contributed by atoms with Crippen LogP contribution in [0.15, 0.2) is 81.3 Å². The van der Waals surface area contributed by atoms with Crippen LogP contribution in [-0.2, 0) is 25.7 Å². The Balaban J connectivity index is 1.48. The van der Waals surface area contributed by atoms with Gasteiger partial charge >= 0.3 is 17.3 Å². The third-order valence-electron chi connectivity index (χ3n) is 9.59. The molecule has 0 atom stereocenters. The topological polar surface area (TPSA) is 112 Å². The number of carboxylic acid groups (broad SMARTS) is 1. The van der Waals surface area contributed by atoms with Crippen LogP contribution in [0.25, 0.3) is 17.0 Å². The number of nitrogens with zero attached hydrogens (tertiary/aromatic N) is 2. The van der Waals surface area contributed by atoms with Gasteiger partial charge in [0, 0.05) is 60.0 Å². The molecule has 8 nitrogen and oxygen atoms in total. The molecule has 3 aromatic rings. The molecule has 2 heterocycles. The van der Waals surface area contributed by atoms with Crippen LogP contribution < -0.4 is 9.80 Å². The van der Waals surface area contributed by atoms with Gasteiger partial charge in [-0.3, -0.25) is 4.79 Å². The highest BCUT2D eigenvalue weighted by atomic mass is 32.2. The largest absolute Gasteiger partial charge is 0.744 e. The van der Waals surface area contributed by atoms with Gasteiger partial charge in [0.05, 0.1) is 21.9 Å². The number of benzene rings is 2. The van der Waals surface area contributed by atoms with Crippen LogP contribution in [0.2, 0.25) is 0 Å². The molecule has 0 amide bonds. The Hall–Kier alpha value is -3.95. The summed E-state index contributed by atoms with van der Waals surface area (Å²) < 4.78 is 42.2. The standard InChI is InChI=1S/C38H46N2O6S/c1-7-39(8-2)28-17-16-27-22-31-34(46-33(27)23-28)21-26(25-37(31,3)4)13-12-14-35-38(5,6)30-24-29(47(43,44)45)18-19-32(30)40(35)20-11-9-10-15-36(41)42/h12-14,16-19,21-24H,7-11,15,20,25H2,1-6H3,(H-,41,42,43,44,45)/b13-12+,35-14+. The molecule has 0 radical (unpaired) electrons. The fourth-order valence-electron chi connectivity index (χ4n) is 7.02. The number of rotatable bonds is 12. The van der Waals surface area contributed by atoms with Crippen molar-refractivity contribution in [2.45, 2.75) is 89.4 Å². The van der Waals surface area contributed by atoms with Gasteiger partial charge in [-0.25, -0.2) is 12.8 Å². The Morgan fingerprint density at radius 2 is 1.77 bits per heavy atom. The summed E-state index contributed by atoms with van der Waals surface area (Å²) in [4.78, 5) is 15.2. The molecule has 0 saturated carbocycles. The number of anilines is 2. The van der Waals surface area contributed by atoms with E-state index in [-0.39, 0.29) is 16.7 Å². The summed E-state index contributed by atoms with van der Waals surface area (Å²) in [5, 5.41) is 10.1. The third kappa shape index (κ3) is 7.16. The summed E-state index contributed by atoms with van der Waals surface area (Å²) in [5.41, 5.74) is 6.24. The molecule has 2 aromatic carbocycles. The minimum absolute atomic E-state index is 0.131. The van der Waals surface area contributed by atoms with E-state index in [1.807, 2.05) is 19.9 Å². The normalized spacial score (nSPS) is 17.6. The van der Waals surface area contributed by atoms with Crippen LogP contribution in [0.4, 0.5) is 11.4 Å². The highest BCUT2D eigenvalue weighted by Crippen LogP contribution is 2.49. The Morgan fingerprint density at radius 1 is 1.02 bits per heavy atom. The van der Waals surface area contributed by atoms with Crippen LogP contribution in [0.5, 0.6) is 0 Å². The fourth-order valence-corrected chi connectivity index (χ4v) is 7.52. The lowest BCUT2D eigenvalue weighted by molar-refractivity contribution is -0.137. The van der Waals surface area contributed by atoms with Crippen molar-refractivity contribution in [3.8, 4) is 0 Å². The number of allylic oxidation sites excluding steroid dienone is 5. The molecule has 0 spiro atoms. The molecule has 0 saturated heterocycles. The highest BCUT2D eigenvalue weighted by Gasteiger charge is 2.40. The first-order valence-corrected chi connectivity index (χ1v) is 17.9. The molecule has 1 aromatic heterocycles. The van der Waals surface area contributed by atoms with Crippen molar-refractivity contribution in [2.75, 3.05) is 29.4 Å². The summed E-state index contributed by atoms with van der Waals surface area (Å²) in [6.45, 7) is 15.3. The molecule has 0 bridgehead atoms. The summed E-state index contributed by atoms with van der Waals surface area (Å²) >= 11 is 0. The zero-order valence-electron chi connectivity index (χ0n) is 28.3. The predicted octanol–water partition coefficient (Wildman–Crippen LogP) is 8.41. The van der Waals surface area contributed by atoms with E-state index in [1.165, 1.54) is 17.7 Å². The lowest BCUT2D eigenvalue weighted by atomic mass is 9.74. The van der Waals surface area contributed by atoms with Gasteiger partial charge in [-0.15, -0.1) is 0 Å². The van der Waals surface area contributed by atoms with E-state index in [0.29, 0.717) is 13.0 Å². The van der Waals surface area contributed by atoms with Gasteiger partial charge in [0.25, 0.3) is 0 Å². The predicted molar refractivity (Wildman–Crippen MR) is 188 cm³/mol. The zero-order chi connectivity index (χ0) is 34.1. The Labute approximate surface area is 278 Å². The van der Waals surface area contributed by atoms with Crippen LogP contribution >= 0.6 is 0 Å². The second-order valence-electron chi connectivity index (χ2n) is 13.7. The van der Waals surface area contributed by atoms with Crippen LogP contribution in [0.1, 0.15) is 90.5 Å². The van der Waals surface area contributed by atoms with E-state index < -0.39 is 21.5 Å². The maximum absolute atomic E-state index is 11.9. The lowest BCUT2D eigenvalue weighted by Crippen LogP contribution is -2.27. The van der Waals surface area contributed by atoms with Gasteiger partial charge in [0.15, 0.2) is 0 Å². The quantitative estimate of drug-likeness (QED) is 0.117. The monoisotopic (exact) mass is 658 g/mol. The van der Waals surface area contributed by atoms with Crippen molar-refractivity contribution in [1.29, 1.82) is 0 Å². The van der Waals surface area contributed by atoms with E-state index in [4.69, 9.17) is 9.52 Å². The minimum atomic E-state index is -4.61. The number of aliphatic carboxylic acids is 1.